The summed E-state index contributed by atoms with van der Waals surface area (Å²) in [6, 6.07) is 11.0. The van der Waals surface area contributed by atoms with Crippen LogP contribution in [0.2, 0.25) is 0 Å². The molecule has 1 aromatic heterocycles. The summed E-state index contributed by atoms with van der Waals surface area (Å²) in [4.78, 5) is 18.0. The standard InChI is InChI=1S/C14H12BrN3O2/c15-9-4-5-12-11(6-9)18(14(19)8-20-12)7-10-2-1-3-13(16)17-10/h1-6H,7-8H2,(H2,16,17). The SMILES string of the molecule is Nc1cccc(CN2C(=O)COc3ccc(Br)cc32)n1. The Morgan fingerprint density at radius 3 is 3.00 bits per heavy atom. The maximum absolute atomic E-state index is 12.1. The van der Waals surface area contributed by atoms with E-state index < -0.39 is 0 Å². The monoisotopic (exact) mass is 333 g/mol. The molecule has 0 saturated heterocycles. The average molecular weight is 334 g/mol. The van der Waals surface area contributed by atoms with Crippen molar-refractivity contribution in [3.63, 3.8) is 0 Å². The van der Waals surface area contributed by atoms with E-state index in [0.29, 0.717) is 18.1 Å². The average Bonchev–Trinajstić information content (AvgIpc) is 2.42. The molecule has 0 unspecified atom stereocenters. The number of fused-ring (bicyclic) bond motifs is 1. The predicted octanol–water partition coefficient (Wildman–Crippen LogP) is 2.35. The molecule has 1 amide bonds. The molecule has 0 spiro atoms. The zero-order chi connectivity index (χ0) is 14.1. The van der Waals surface area contributed by atoms with Gasteiger partial charge in [0, 0.05) is 4.47 Å². The minimum absolute atomic E-state index is 0.0386. The van der Waals surface area contributed by atoms with Crippen molar-refractivity contribution in [1.82, 2.24) is 4.98 Å². The van der Waals surface area contributed by atoms with Crippen LogP contribution < -0.4 is 15.4 Å². The lowest BCUT2D eigenvalue weighted by atomic mass is 10.2. The Bertz CT molecular complexity index is 675. The van der Waals surface area contributed by atoms with Crippen LogP contribution >= 0.6 is 15.9 Å². The van der Waals surface area contributed by atoms with E-state index >= 15 is 0 Å². The van der Waals surface area contributed by atoms with Gasteiger partial charge in [0.1, 0.15) is 11.6 Å². The zero-order valence-corrected chi connectivity index (χ0v) is 12.1. The van der Waals surface area contributed by atoms with E-state index in [1.54, 1.807) is 11.0 Å². The van der Waals surface area contributed by atoms with Gasteiger partial charge in [0.05, 0.1) is 17.9 Å². The number of ether oxygens (including phenoxy) is 1. The molecule has 0 atom stereocenters. The highest BCUT2D eigenvalue weighted by Crippen LogP contribution is 2.35. The van der Waals surface area contributed by atoms with Crippen molar-refractivity contribution < 1.29 is 9.53 Å². The number of halogens is 1. The van der Waals surface area contributed by atoms with Crippen LogP contribution in [0.3, 0.4) is 0 Å². The molecule has 0 bridgehead atoms. The Hall–Kier alpha value is -2.08. The first kappa shape index (κ1) is 12.9. The largest absolute Gasteiger partial charge is 0.482 e. The highest BCUT2D eigenvalue weighted by Gasteiger charge is 2.26. The third-order valence-corrected chi connectivity index (χ3v) is 3.51. The van der Waals surface area contributed by atoms with Gasteiger partial charge in [-0.25, -0.2) is 4.98 Å². The smallest absolute Gasteiger partial charge is 0.265 e. The fourth-order valence-electron chi connectivity index (χ4n) is 2.10. The lowest BCUT2D eigenvalue weighted by molar-refractivity contribution is -0.121. The molecule has 0 saturated carbocycles. The highest BCUT2D eigenvalue weighted by atomic mass is 79.9. The Balaban J connectivity index is 1.97. The van der Waals surface area contributed by atoms with E-state index in [9.17, 15) is 4.79 Å². The highest BCUT2D eigenvalue weighted by molar-refractivity contribution is 9.10. The quantitative estimate of drug-likeness (QED) is 0.915. The van der Waals surface area contributed by atoms with Gasteiger partial charge in [-0.1, -0.05) is 22.0 Å². The summed E-state index contributed by atoms with van der Waals surface area (Å²) < 4.78 is 6.31. The lowest BCUT2D eigenvalue weighted by Crippen LogP contribution is -2.38. The predicted molar refractivity (Wildman–Crippen MR) is 79.5 cm³/mol. The second-order valence-electron chi connectivity index (χ2n) is 4.43. The topological polar surface area (TPSA) is 68.5 Å². The maximum Gasteiger partial charge on any atom is 0.265 e. The number of amides is 1. The first-order chi connectivity index (χ1) is 9.63. The lowest BCUT2D eigenvalue weighted by Gasteiger charge is -2.29. The third-order valence-electron chi connectivity index (χ3n) is 3.01. The van der Waals surface area contributed by atoms with Crippen molar-refractivity contribution in [2.24, 2.45) is 0 Å². The van der Waals surface area contributed by atoms with E-state index in [1.165, 1.54) is 0 Å². The Morgan fingerprint density at radius 1 is 1.35 bits per heavy atom. The molecule has 0 aliphatic carbocycles. The van der Waals surface area contributed by atoms with Crippen LogP contribution in [0.4, 0.5) is 11.5 Å². The molecule has 2 heterocycles. The van der Waals surface area contributed by atoms with Gasteiger partial charge in [-0.2, -0.15) is 0 Å². The Labute approximate surface area is 124 Å². The van der Waals surface area contributed by atoms with Crippen molar-refractivity contribution in [1.29, 1.82) is 0 Å². The van der Waals surface area contributed by atoms with Crippen LogP contribution in [0, 0.1) is 0 Å². The van der Waals surface area contributed by atoms with E-state index in [4.69, 9.17) is 10.5 Å². The number of pyridine rings is 1. The first-order valence-corrected chi connectivity index (χ1v) is 6.87. The summed E-state index contributed by atoms with van der Waals surface area (Å²) in [5.41, 5.74) is 7.15. The Kier molecular flexibility index (Phi) is 3.31. The molecule has 1 aliphatic rings. The van der Waals surface area contributed by atoms with Gasteiger partial charge in [-0.3, -0.25) is 9.69 Å². The number of hydrogen-bond acceptors (Lipinski definition) is 4. The maximum atomic E-state index is 12.1. The number of rotatable bonds is 2. The van der Waals surface area contributed by atoms with Crippen LogP contribution in [0.25, 0.3) is 0 Å². The number of benzene rings is 1. The van der Waals surface area contributed by atoms with E-state index in [1.807, 2.05) is 30.3 Å². The van der Waals surface area contributed by atoms with Crippen LogP contribution in [-0.2, 0) is 11.3 Å². The summed E-state index contributed by atoms with van der Waals surface area (Å²) >= 11 is 3.41. The van der Waals surface area contributed by atoms with Gasteiger partial charge in [0.2, 0.25) is 0 Å². The molecule has 2 aromatic rings. The van der Waals surface area contributed by atoms with Crippen molar-refractivity contribution >= 4 is 33.3 Å². The molecule has 0 radical (unpaired) electrons. The molecule has 3 rings (SSSR count). The summed E-state index contributed by atoms with van der Waals surface area (Å²) in [5, 5.41) is 0. The number of nitrogen functional groups attached to an aromatic ring is 1. The van der Waals surface area contributed by atoms with Crippen LogP contribution in [-0.4, -0.2) is 17.5 Å². The number of hydrogen-bond donors (Lipinski definition) is 1. The zero-order valence-electron chi connectivity index (χ0n) is 10.5. The normalized spacial score (nSPS) is 13.8. The number of aromatic nitrogens is 1. The minimum Gasteiger partial charge on any atom is -0.482 e. The van der Waals surface area contributed by atoms with E-state index in [-0.39, 0.29) is 12.5 Å². The molecule has 5 nitrogen and oxygen atoms in total. The van der Waals surface area contributed by atoms with Gasteiger partial charge in [-0.05, 0) is 30.3 Å². The second kappa shape index (κ2) is 5.13. The van der Waals surface area contributed by atoms with Crippen molar-refractivity contribution in [2.45, 2.75) is 6.54 Å². The molecule has 102 valence electrons. The van der Waals surface area contributed by atoms with Crippen molar-refractivity contribution in [2.75, 3.05) is 17.2 Å². The van der Waals surface area contributed by atoms with E-state index in [2.05, 4.69) is 20.9 Å². The van der Waals surface area contributed by atoms with Gasteiger partial charge in [0.25, 0.3) is 5.91 Å². The molecule has 2 N–H and O–H groups in total. The van der Waals surface area contributed by atoms with Crippen LogP contribution in [0.5, 0.6) is 5.75 Å². The third kappa shape index (κ3) is 2.46. The molecular formula is C14H12BrN3O2. The van der Waals surface area contributed by atoms with Crippen LogP contribution in [0.15, 0.2) is 40.9 Å². The van der Waals surface area contributed by atoms with Crippen molar-refractivity contribution in [3.8, 4) is 5.75 Å². The summed E-state index contributed by atoms with van der Waals surface area (Å²) in [6.45, 7) is 0.410. The van der Waals surface area contributed by atoms with Gasteiger partial charge >= 0.3 is 0 Å². The summed E-state index contributed by atoms with van der Waals surface area (Å²) in [7, 11) is 0. The number of carbonyl (C=O) groups excluding carboxylic acids is 1. The minimum atomic E-state index is -0.0974. The fourth-order valence-corrected chi connectivity index (χ4v) is 2.45. The number of nitrogens with two attached hydrogens (primary N) is 1. The van der Waals surface area contributed by atoms with Gasteiger partial charge in [-0.15, -0.1) is 0 Å². The number of nitrogens with zero attached hydrogens (tertiary/aromatic N) is 2. The molecule has 20 heavy (non-hydrogen) atoms. The van der Waals surface area contributed by atoms with Gasteiger partial charge in [0.15, 0.2) is 6.61 Å². The summed E-state index contributed by atoms with van der Waals surface area (Å²) in [5.74, 6) is 1.04. The van der Waals surface area contributed by atoms with Crippen molar-refractivity contribution in [3.05, 3.63) is 46.6 Å². The molecule has 1 aliphatic heterocycles. The number of carbonyl (C=O) groups is 1. The molecule has 6 heteroatoms. The van der Waals surface area contributed by atoms with Crippen LogP contribution in [0.1, 0.15) is 5.69 Å². The first-order valence-electron chi connectivity index (χ1n) is 6.07. The fraction of sp³-hybridized carbons (Fsp3) is 0.143. The Morgan fingerprint density at radius 2 is 2.20 bits per heavy atom. The number of anilines is 2. The molecule has 1 aromatic carbocycles. The summed E-state index contributed by atoms with van der Waals surface area (Å²) in [6.07, 6.45) is 0. The van der Waals surface area contributed by atoms with Gasteiger partial charge < -0.3 is 10.5 Å². The second-order valence-corrected chi connectivity index (χ2v) is 5.35. The molecular weight excluding hydrogens is 322 g/mol. The van der Waals surface area contributed by atoms with E-state index in [0.717, 1.165) is 15.9 Å². The molecule has 0 fully saturated rings.